The van der Waals surface area contributed by atoms with E-state index in [1.54, 1.807) is 24.3 Å². The van der Waals surface area contributed by atoms with E-state index in [4.69, 9.17) is 5.73 Å². The molecule has 1 saturated heterocycles. The van der Waals surface area contributed by atoms with Crippen molar-refractivity contribution in [2.45, 2.75) is 13.3 Å². The van der Waals surface area contributed by atoms with Gasteiger partial charge in [0.25, 0.3) is 5.91 Å². The molecule has 1 aliphatic rings. The van der Waals surface area contributed by atoms with Crippen molar-refractivity contribution < 1.29 is 4.79 Å². The highest BCUT2D eigenvalue weighted by Crippen LogP contribution is 2.18. The number of anilines is 1. The first-order chi connectivity index (χ1) is 7.16. The highest BCUT2D eigenvalue weighted by atomic mass is 16.2. The summed E-state index contributed by atoms with van der Waals surface area (Å²) in [7, 11) is 0. The summed E-state index contributed by atoms with van der Waals surface area (Å²) >= 11 is 0. The number of nitrogen functional groups attached to an aromatic ring is 1. The molecule has 1 aliphatic heterocycles. The Balaban J connectivity index is 2.11. The third-order valence-corrected chi connectivity index (χ3v) is 2.87. The standard InChI is InChI=1S/C12H16N2O/c1-9-6-7-14(8-9)12(15)10-2-4-11(13)5-3-10/h2-5,9H,6-8,13H2,1H3. The first kappa shape index (κ1) is 10.0. The van der Waals surface area contributed by atoms with Gasteiger partial charge in [-0.25, -0.2) is 0 Å². The molecule has 1 fully saturated rings. The largest absolute Gasteiger partial charge is 0.399 e. The molecule has 0 bridgehead atoms. The highest BCUT2D eigenvalue weighted by Gasteiger charge is 2.23. The summed E-state index contributed by atoms with van der Waals surface area (Å²) in [5.41, 5.74) is 7.01. The molecule has 0 radical (unpaired) electrons. The van der Waals surface area contributed by atoms with Crippen LogP contribution in [0.4, 0.5) is 5.69 Å². The molecule has 80 valence electrons. The van der Waals surface area contributed by atoms with Crippen molar-refractivity contribution in [3.8, 4) is 0 Å². The molecular weight excluding hydrogens is 188 g/mol. The minimum absolute atomic E-state index is 0.124. The molecule has 1 amide bonds. The van der Waals surface area contributed by atoms with Crippen LogP contribution in [0, 0.1) is 5.92 Å². The van der Waals surface area contributed by atoms with Gasteiger partial charge in [0.2, 0.25) is 0 Å². The molecule has 0 spiro atoms. The van der Waals surface area contributed by atoms with Gasteiger partial charge in [-0.1, -0.05) is 6.92 Å². The minimum Gasteiger partial charge on any atom is -0.399 e. The number of carbonyl (C=O) groups excluding carboxylic acids is 1. The number of amides is 1. The van der Waals surface area contributed by atoms with Gasteiger partial charge in [0.1, 0.15) is 0 Å². The summed E-state index contributed by atoms with van der Waals surface area (Å²) in [6.45, 7) is 3.93. The molecule has 3 heteroatoms. The Morgan fingerprint density at radius 1 is 1.40 bits per heavy atom. The van der Waals surface area contributed by atoms with Crippen molar-refractivity contribution >= 4 is 11.6 Å². The van der Waals surface area contributed by atoms with E-state index in [1.165, 1.54) is 0 Å². The van der Waals surface area contributed by atoms with Crippen molar-refractivity contribution in [2.24, 2.45) is 5.92 Å². The SMILES string of the molecule is CC1CCN(C(=O)c2ccc(N)cc2)C1. The topological polar surface area (TPSA) is 46.3 Å². The van der Waals surface area contributed by atoms with Crippen LogP contribution in [0.5, 0.6) is 0 Å². The third kappa shape index (κ3) is 2.12. The van der Waals surface area contributed by atoms with Crippen LogP contribution >= 0.6 is 0 Å². The molecular formula is C12H16N2O. The van der Waals surface area contributed by atoms with Crippen LogP contribution in [0.25, 0.3) is 0 Å². The van der Waals surface area contributed by atoms with Gasteiger partial charge in [-0.05, 0) is 36.6 Å². The zero-order valence-electron chi connectivity index (χ0n) is 8.94. The lowest BCUT2D eigenvalue weighted by Crippen LogP contribution is -2.28. The van der Waals surface area contributed by atoms with Crippen molar-refractivity contribution in [3.05, 3.63) is 29.8 Å². The van der Waals surface area contributed by atoms with Crippen LogP contribution in [0.1, 0.15) is 23.7 Å². The molecule has 1 unspecified atom stereocenters. The Hall–Kier alpha value is -1.51. The second-order valence-electron chi connectivity index (χ2n) is 4.27. The summed E-state index contributed by atoms with van der Waals surface area (Å²) in [4.78, 5) is 13.9. The van der Waals surface area contributed by atoms with E-state index in [0.717, 1.165) is 25.1 Å². The predicted molar refractivity (Wildman–Crippen MR) is 60.5 cm³/mol. The van der Waals surface area contributed by atoms with Gasteiger partial charge in [0, 0.05) is 24.3 Å². The van der Waals surface area contributed by atoms with Crippen LogP contribution in [-0.4, -0.2) is 23.9 Å². The Morgan fingerprint density at radius 2 is 2.07 bits per heavy atom. The summed E-state index contributed by atoms with van der Waals surface area (Å²) in [5, 5.41) is 0. The van der Waals surface area contributed by atoms with E-state index in [1.807, 2.05) is 4.90 Å². The van der Waals surface area contributed by atoms with E-state index >= 15 is 0 Å². The normalized spacial score (nSPS) is 20.6. The lowest BCUT2D eigenvalue weighted by atomic mass is 10.1. The molecule has 3 nitrogen and oxygen atoms in total. The number of rotatable bonds is 1. The van der Waals surface area contributed by atoms with Crippen LogP contribution in [0.2, 0.25) is 0 Å². The zero-order valence-corrected chi connectivity index (χ0v) is 8.94. The molecule has 0 aliphatic carbocycles. The Morgan fingerprint density at radius 3 is 2.60 bits per heavy atom. The number of likely N-dealkylation sites (tertiary alicyclic amines) is 1. The van der Waals surface area contributed by atoms with Gasteiger partial charge in [0.05, 0.1) is 0 Å². The number of nitrogens with two attached hydrogens (primary N) is 1. The number of nitrogens with zero attached hydrogens (tertiary/aromatic N) is 1. The highest BCUT2D eigenvalue weighted by molar-refractivity contribution is 5.94. The van der Waals surface area contributed by atoms with Crippen LogP contribution in [0.3, 0.4) is 0 Å². The van der Waals surface area contributed by atoms with E-state index in [9.17, 15) is 4.79 Å². The Labute approximate surface area is 89.9 Å². The van der Waals surface area contributed by atoms with Crippen LogP contribution in [-0.2, 0) is 0 Å². The van der Waals surface area contributed by atoms with Gasteiger partial charge in [-0.15, -0.1) is 0 Å². The van der Waals surface area contributed by atoms with Gasteiger partial charge in [0.15, 0.2) is 0 Å². The summed E-state index contributed by atoms with van der Waals surface area (Å²) in [5.74, 6) is 0.752. The smallest absolute Gasteiger partial charge is 0.253 e. The number of hydrogen-bond donors (Lipinski definition) is 1. The quantitative estimate of drug-likeness (QED) is 0.708. The zero-order chi connectivity index (χ0) is 10.8. The maximum absolute atomic E-state index is 12.0. The van der Waals surface area contributed by atoms with Crippen molar-refractivity contribution in [2.75, 3.05) is 18.8 Å². The minimum atomic E-state index is 0.124. The van der Waals surface area contributed by atoms with E-state index in [0.29, 0.717) is 11.6 Å². The monoisotopic (exact) mass is 204 g/mol. The van der Waals surface area contributed by atoms with Gasteiger partial charge >= 0.3 is 0 Å². The number of hydrogen-bond acceptors (Lipinski definition) is 2. The maximum atomic E-state index is 12.0. The van der Waals surface area contributed by atoms with E-state index in [2.05, 4.69) is 6.92 Å². The van der Waals surface area contributed by atoms with Crippen molar-refractivity contribution in [1.29, 1.82) is 0 Å². The lowest BCUT2D eigenvalue weighted by Gasteiger charge is -2.15. The molecule has 2 rings (SSSR count). The van der Waals surface area contributed by atoms with Crippen LogP contribution < -0.4 is 5.73 Å². The number of carbonyl (C=O) groups is 1. The third-order valence-electron chi connectivity index (χ3n) is 2.87. The molecule has 1 heterocycles. The predicted octanol–water partition coefficient (Wildman–Crippen LogP) is 1.75. The second-order valence-corrected chi connectivity index (χ2v) is 4.27. The second kappa shape index (κ2) is 3.93. The Bertz CT molecular complexity index is 358. The van der Waals surface area contributed by atoms with Crippen molar-refractivity contribution in [3.63, 3.8) is 0 Å². The molecule has 2 N–H and O–H groups in total. The van der Waals surface area contributed by atoms with E-state index < -0.39 is 0 Å². The number of benzene rings is 1. The summed E-state index contributed by atoms with van der Waals surface area (Å²) in [6, 6.07) is 7.13. The molecule has 1 aromatic rings. The first-order valence-corrected chi connectivity index (χ1v) is 5.31. The molecule has 1 aromatic carbocycles. The van der Waals surface area contributed by atoms with Crippen LogP contribution in [0.15, 0.2) is 24.3 Å². The van der Waals surface area contributed by atoms with E-state index in [-0.39, 0.29) is 5.91 Å². The van der Waals surface area contributed by atoms with Gasteiger partial charge in [-0.3, -0.25) is 4.79 Å². The first-order valence-electron chi connectivity index (χ1n) is 5.31. The lowest BCUT2D eigenvalue weighted by molar-refractivity contribution is 0.0788. The summed E-state index contributed by atoms with van der Waals surface area (Å²) < 4.78 is 0. The molecule has 0 saturated carbocycles. The fraction of sp³-hybridized carbons (Fsp3) is 0.417. The molecule has 15 heavy (non-hydrogen) atoms. The van der Waals surface area contributed by atoms with Gasteiger partial charge < -0.3 is 10.6 Å². The summed E-state index contributed by atoms with van der Waals surface area (Å²) in [6.07, 6.45) is 1.11. The molecule has 0 aromatic heterocycles. The average Bonchev–Trinajstić information content (AvgIpc) is 2.65. The molecule has 1 atom stereocenters. The fourth-order valence-corrected chi connectivity index (χ4v) is 1.93. The Kier molecular flexibility index (Phi) is 2.62. The van der Waals surface area contributed by atoms with Crippen molar-refractivity contribution in [1.82, 2.24) is 4.90 Å². The fourth-order valence-electron chi connectivity index (χ4n) is 1.93. The average molecular weight is 204 g/mol. The maximum Gasteiger partial charge on any atom is 0.253 e. The van der Waals surface area contributed by atoms with Gasteiger partial charge in [-0.2, -0.15) is 0 Å².